The van der Waals surface area contributed by atoms with Crippen LogP contribution >= 0.6 is 11.3 Å². The minimum Gasteiger partial charge on any atom is -0.391 e. The zero-order valence-corrected chi connectivity index (χ0v) is 9.20. The third-order valence-corrected chi connectivity index (χ3v) is 3.54. The van der Waals surface area contributed by atoms with E-state index in [9.17, 15) is 5.11 Å². The normalized spacial score (nSPS) is 27.4. The smallest absolute Gasteiger partial charge is 0.0795 e. The van der Waals surface area contributed by atoms with Crippen LogP contribution in [0.5, 0.6) is 0 Å². The second-order valence-electron chi connectivity index (χ2n) is 3.96. The summed E-state index contributed by atoms with van der Waals surface area (Å²) in [5, 5.41) is 11.8. The lowest BCUT2D eigenvalue weighted by molar-refractivity contribution is 0.0819. The highest BCUT2D eigenvalue weighted by Gasteiger charge is 2.28. The third kappa shape index (κ3) is 2.13. The van der Waals surface area contributed by atoms with Crippen LogP contribution in [0.4, 0.5) is 0 Å². The molecule has 1 fully saturated rings. The Morgan fingerprint density at radius 1 is 1.64 bits per heavy atom. The van der Waals surface area contributed by atoms with Crippen LogP contribution in [0.25, 0.3) is 0 Å². The van der Waals surface area contributed by atoms with Gasteiger partial charge < -0.3 is 5.11 Å². The lowest BCUT2D eigenvalue weighted by Gasteiger charge is -2.26. The zero-order chi connectivity index (χ0) is 9.97. The van der Waals surface area contributed by atoms with Crippen molar-refractivity contribution in [2.45, 2.75) is 38.0 Å². The van der Waals surface area contributed by atoms with Crippen molar-refractivity contribution < 1.29 is 5.11 Å². The molecule has 0 spiro atoms. The SMILES string of the molecule is CN(Cc1cscn1)C1CCCC1O. The quantitative estimate of drug-likeness (QED) is 0.824. The molecule has 1 aromatic rings. The molecule has 2 rings (SSSR count). The molecule has 1 aliphatic rings. The molecule has 0 aliphatic heterocycles. The first-order valence-electron chi connectivity index (χ1n) is 5.03. The summed E-state index contributed by atoms with van der Waals surface area (Å²) in [6.07, 6.45) is 3.07. The van der Waals surface area contributed by atoms with Gasteiger partial charge in [0.15, 0.2) is 0 Å². The summed E-state index contributed by atoms with van der Waals surface area (Å²) in [5.41, 5.74) is 2.96. The standard InChI is InChI=1S/C10H16N2OS/c1-12(5-8-6-14-7-11-8)9-3-2-4-10(9)13/h6-7,9-10,13H,2-5H2,1H3. The molecule has 2 unspecified atom stereocenters. The molecule has 4 heteroatoms. The summed E-state index contributed by atoms with van der Waals surface area (Å²) in [5.74, 6) is 0. The van der Waals surface area contributed by atoms with Crippen molar-refractivity contribution in [2.75, 3.05) is 7.05 Å². The van der Waals surface area contributed by atoms with Crippen molar-refractivity contribution >= 4 is 11.3 Å². The molecule has 0 amide bonds. The van der Waals surface area contributed by atoms with Gasteiger partial charge in [0.1, 0.15) is 0 Å². The predicted octanol–water partition coefficient (Wildman–Crippen LogP) is 1.49. The van der Waals surface area contributed by atoms with E-state index in [1.807, 2.05) is 5.51 Å². The summed E-state index contributed by atoms with van der Waals surface area (Å²) in [6, 6.07) is 0.330. The third-order valence-electron chi connectivity index (χ3n) is 2.90. The summed E-state index contributed by atoms with van der Waals surface area (Å²) < 4.78 is 0. The molecule has 1 N–H and O–H groups in total. The fourth-order valence-corrected chi connectivity index (χ4v) is 2.67. The van der Waals surface area contributed by atoms with E-state index in [4.69, 9.17) is 0 Å². The molecule has 3 nitrogen and oxygen atoms in total. The van der Waals surface area contributed by atoms with E-state index in [1.165, 1.54) is 0 Å². The van der Waals surface area contributed by atoms with Crippen molar-refractivity contribution in [1.82, 2.24) is 9.88 Å². The molecule has 1 saturated carbocycles. The Labute approximate surface area is 88.4 Å². The number of aliphatic hydroxyl groups is 1. The van der Waals surface area contributed by atoms with Gasteiger partial charge in [-0.15, -0.1) is 11.3 Å². The summed E-state index contributed by atoms with van der Waals surface area (Å²) in [4.78, 5) is 6.46. The Balaban J connectivity index is 1.92. The van der Waals surface area contributed by atoms with Crippen LogP contribution in [0, 0.1) is 0 Å². The number of aromatic nitrogens is 1. The van der Waals surface area contributed by atoms with Crippen LogP contribution in [0.2, 0.25) is 0 Å². The maximum Gasteiger partial charge on any atom is 0.0795 e. The first-order chi connectivity index (χ1) is 6.77. The van der Waals surface area contributed by atoms with Gasteiger partial charge in [-0.1, -0.05) is 0 Å². The molecule has 78 valence electrons. The second kappa shape index (κ2) is 4.38. The highest BCUT2D eigenvalue weighted by molar-refractivity contribution is 7.07. The second-order valence-corrected chi connectivity index (χ2v) is 4.68. The molecule has 1 aromatic heterocycles. The molecule has 1 heterocycles. The number of thiazole rings is 1. The Bertz CT molecular complexity index is 276. The lowest BCUT2D eigenvalue weighted by atomic mass is 10.2. The number of likely N-dealkylation sites (N-methyl/N-ethyl adjacent to an activating group) is 1. The van der Waals surface area contributed by atoms with Crippen molar-refractivity contribution in [2.24, 2.45) is 0 Å². The van der Waals surface area contributed by atoms with Gasteiger partial charge in [0, 0.05) is 18.0 Å². The summed E-state index contributed by atoms with van der Waals surface area (Å²) in [6.45, 7) is 0.852. The maximum absolute atomic E-state index is 9.73. The van der Waals surface area contributed by atoms with Crippen LogP contribution in [-0.2, 0) is 6.54 Å². The molecular formula is C10H16N2OS. The fourth-order valence-electron chi connectivity index (χ4n) is 2.12. The first-order valence-corrected chi connectivity index (χ1v) is 5.97. The number of aliphatic hydroxyl groups excluding tert-OH is 1. The fraction of sp³-hybridized carbons (Fsp3) is 0.700. The molecule has 0 radical (unpaired) electrons. The Morgan fingerprint density at radius 2 is 2.50 bits per heavy atom. The lowest BCUT2D eigenvalue weighted by Crippen LogP contribution is -2.37. The average molecular weight is 212 g/mol. The Morgan fingerprint density at radius 3 is 3.07 bits per heavy atom. The van der Waals surface area contributed by atoms with Crippen LogP contribution in [0.15, 0.2) is 10.9 Å². The average Bonchev–Trinajstić information content (AvgIpc) is 2.75. The summed E-state index contributed by atoms with van der Waals surface area (Å²) >= 11 is 1.62. The number of rotatable bonds is 3. The topological polar surface area (TPSA) is 36.4 Å². The van der Waals surface area contributed by atoms with E-state index in [1.54, 1.807) is 11.3 Å². The van der Waals surface area contributed by atoms with E-state index >= 15 is 0 Å². The molecule has 0 bridgehead atoms. The van der Waals surface area contributed by atoms with Gasteiger partial charge in [0.05, 0.1) is 17.3 Å². The van der Waals surface area contributed by atoms with E-state index in [0.29, 0.717) is 6.04 Å². The largest absolute Gasteiger partial charge is 0.391 e. The van der Waals surface area contributed by atoms with E-state index in [2.05, 4.69) is 22.3 Å². The van der Waals surface area contributed by atoms with Crippen LogP contribution < -0.4 is 0 Å². The molecule has 0 saturated heterocycles. The van der Waals surface area contributed by atoms with Gasteiger partial charge in [0.25, 0.3) is 0 Å². The van der Waals surface area contributed by atoms with Crippen LogP contribution in [-0.4, -0.2) is 34.2 Å². The molecule has 14 heavy (non-hydrogen) atoms. The van der Waals surface area contributed by atoms with Crippen LogP contribution in [0.3, 0.4) is 0 Å². The monoisotopic (exact) mass is 212 g/mol. The summed E-state index contributed by atoms with van der Waals surface area (Å²) in [7, 11) is 2.07. The Hall–Kier alpha value is -0.450. The van der Waals surface area contributed by atoms with E-state index in [0.717, 1.165) is 31.5 Å². The Kier molecular flexibility index (Phi) is 3.15. The maximum atomic E-state index is 9.73. The highest BCUT2D eigenvalue weighted by atomic mass is 32.1. The highest BCUT2D eigenvalue weighted by Crippen LogP contribution is 2.24. The van der Waals surface area contributed by atoms with Crippen molar-refractivity contribution in [3.63, 3.8) is 0 Å². The molecule has 1 aliphatic carbocycles. The van der Waals surface area contributed by atoms with E-state index < -0.39 is 0 Å². The molecular weight excluding hydrogens is 196 g/mol. The van der Waals surface area contributed by atoms with Crippen molar-refractivity contribution in [3.8, 4) is 0 Å². The van der Waals surface area contributed by atoms with Gasteiger partial charge in [0.2, 0.25) is 0 Å². The number of hydrogen-bond donors (Lipinski definition) is 1. The zero-order valence-electron chi connectivity index (χ0n) is 8.39. The predicted molar refractivity (Wildman–Crippen MR) is 57.2 cm³/mol. The molecule has 2 atom stereocenters. The minimum absolute atomic E-state index is 0.140. The van der Waals surface area contributed by atoms with Gasteiger partial charge in [-0.25, -0.2) is 4.98 Å². The van der Waals surface area contributed by atoms with Crippen molar-refractivity contribution in [1.29, 1.82) is 0 Å². The van der Waals surface area contributed by atoms with Gasteiger partial charge in [-0.3, -0.25) is 4.90 Å². The van der Waals surface area contributed by atoms with E-state index in [-0.39, 0.29) is 6.10 Å². The van der Waals surface area contributed by atoms with Gasteiger partial charge in [-0.05, 0) is 26.3 Å². The van der Waals surface area contributed by atoms with Gasteiger partial charge >= 0.3 is 0 Å². The minimum atomic E-state index is -0.140. The van der Waals surface area contributed by atoms with Gasteiger partial charge in [-0.2, -0.15) is 0 Å². The first kappa shape index (κ1) is 10.1. The molecule has 0 aromatic carbocycles. The van der Waals surface area contributed by atoms with Crippen molar-refractivity contribution in [3.05, 3.63) is 16.6 Å². The number of hydrogen-bond acceptors (Lipinski definition) is 4. The number of nitrogens with zero attached hydrogens (tertiary/aromatic N) is 2. The van der Waals surface area contributed by atoms with Crippen LogP contribution in [0.1, 0.15) is 25.0 Å².